The summed E-state index contributed by atoms with van der Waals surface area (Å²) in [6, 6.07) is 8.79. The number of hydrogen-bond acceptors (Lipinski definition) is 2. The van der Waals surface area contributed by atoms with Gasteiger partial charge in [-0.15, -0.1) is 0 Å². The lowest BCUT2D eigenvalue weighted by Crippen LogP contribution is -2.48. The molecule has 1 aliphatic rings. The van der Waals surface area contributed by atoms with Gasteiger partial charge in [0.1, 0.15) is 5.75 Å². The molecule has 25 heavy (non-hydrogen) atoms. The van der Waals surface area contributed by atoms with Crippen molar-refractivity contribution < 1.29 is 9.53 Å². The van der Waals surface area contributed by atoms with Crippen molar-refractivity contribution in [1.29, 1.82) is 0 Å². The molecule has 140 valence electrons. The van der Waals surface area contributed by atoms with Crippen LogP contribution in [0.4, 0.5) is 4.79 Å². The first kappa shape index (κ1) is 19.6. The lowest BCUT2D eigenvalue weighted by atomic mass is 9.87. The summed E-state index contributed by atoms with van der Waals surface area (Å²) in [5, 5.41) is 3.04. The van der Waals surface area contributed by atoms with Gasteiger partial charge in [-0.1, -0.05) is 39.8 Å². The van der Waals surface area contributed by atoms with Crippen molar-refractivity contribution in [3.63, 3.8) is 0 Å². The van der Waals surface area contributed by atoms with Gasteiger partial charge in [-0.05, 0) is 55.2 Å². The van der Waals surface area contributed by atoms with Crippen LogP contribution in [0.1, 0.15) is 65.4 Å². The van der Waals surface area contributed by atoms with Crippen LogP contribution in [0.15, 0.2) is 24.3 Å². The van der Waals surface area contributed by atoms with Crippen LogP contribution < -0.4 is 10.1 Å². The molecule has 0 radical (unpaired) electrons. The number of urea groups is 1. The molecule has 2 amide bonds. The Morgan fingerprint density at radius 3 is 2.60 bits per heavy atom. The molecular formula is C21H34N2O2. The van der Waals surface area contributed by atoms with Gasteiger partial charge in [0.2, 0.25) is 0 Å². The fraction of sp³-hybridized carbons (Fsp3) is 0.667. The predicted molar refractivity (Wildman–Crippen MR) is 103 cm³/mol. The van der Waals surface area contributed by atoms with Gasteiger partial charge < -0.3 is 15.0 Å². The molecule has 0 aromatic heterocycles. The second-order valence-corrected chi connectivity index (χ2v) is 7.96. The number of nitrogens with one attached hydrogen (secondary N) is 1. The smallest absolute Gasteiger partial charge is 0.317 e. The van der Waals surface area contributed by atoms with Crippen molar-refractivity contribution in [2.45, 2.75) is 71.3 Å². The average molecular weight is 347 g/mol. The van der Waals surface area contributed by atoms with E-state index in [9.17, 15) is 4.79 Å². The number of rotatable bonds is 6. The summed E-state index contributed by atoms with van der Waals surface area (Å²) in [7, 11) is 0. The number of likely N-dealkylation sites (tertiary alicyclic amines) is 1. The van der Waals surface area contributed by atoms with E-state index >= 15 is 0 Å². The van der Waals surface area contributed by atoms with Crippen molar-refractivity contribution in [3.05, 3.63) is 29.8 Å². The Labute approximate surface area is 152 Å². The third-order valence-electron chi connectivity index (χ3n) is 4.95. The molecular weight excluding hydrogens is 312 g/mol. The standard InChI is InChI=1S/C21H34N2O2/c1-5-18-9-6-7-15-23(18)20(24)22-14-8-16-25-19-12-10-17(11-13-19)21(2,3)4/h10-13,18H,5-9,14-16H2,1-4H3,(H,22,24). The number of hydrogen-bond donors (Lipinski definition) is 1. The van der Waals surface area contributed by atoms with Gasteiger partial charge in [-0.25, -0.2) is 4.79 Å². The van der Waals surface area contributed by atoms with E-state index in [4.69, 9.17) is 4.74 Å². The molecule has 1 aromatic carbocycles. The third-order valence-corrected chi connectivity index (χ3v) is 4.95. The Kier molecular flexibility index (Phi) is 7.15. The zero-order valence-corrected chi connectivity index (χ0v) is 16.3. The van der Waals surface area contributed by atoms with E-state index in [0.29, 0.717) is 19.2 Å². The van der Waals surface area contributed by atoms with Crippen LogP contribution in [0.5, 0.6) is 5.75 Å². The highest BCUT2D eigenvalue weighted by Crippen LogP contribution is 2.24. The van der Waals surface area contributed by atoms with E-state index in [2.05, 4.69) is 45.1 Å². The Hall–Kier alpha value is -1.71. The van der Waals surface area contributed by atoms with Crippen molar-refractivity contribution in [2.75, 3.05) is 19.7 Å². The molecule has 1 heterocycles. The van der Waals surface area contributed by atoms with Gasteiger partial charge >= 0.3 is 6.03 Å². The molecule has 1 fully saturated rings. The van der Waals surface area contributed by atoms with Crippen LogP contribution in [0.2, 0.25) is 0 Å². The lowest BCUT2D eigenvalue weighted by molar-refractivity contribution is 0.148. The monoisotopic (exact) mass is 346 g/mol. The maximum absolute atomic E-state index is 12.3. The number of ether oxygens (including phenoxy) is 1. The summed E-state index contributed by atoms with van der Waals surface area (Å²) < 4.78 is 5.78. The molecule has 2 rings (SSSR count). The normalized spacial score (nSPS) is 18.1. The Balaban J connectivity index is 1.66. The summed E-state index contributed by atoms with van der Waals surface area (Å²) in [6.07, 6.45) is 5.36. The fourth-order valence-corrected chi connectivity index (χ4v) is 3.30. The van der Waals surface area contributed by atoms with Crippen molar-refractivity contribution in [3.8, 4) is 5.75 Å². The van der Waals surface area contributed by atoms with E-state index in [0.717, 1.165) is 38.0 Å². The summed E-state index contributed by atoms with van der Waals surface area (Å²) in [6.45, 7) is 10.9. The number of amides is 2. The minimum absolute atomic E-state index is 0.0843. The molecule has 1 aromatic rings. The predicted octanol–water partition coefficient (Wildman–Crippen LogP) is 4.73. The highest BCUT2D eigenvalue weighted by atomic mass is 16.5. The van der Waals surface area contributed by atoms with Crippen LogP contribution in [0.3, 0.4) is 0 Å². The van der Waals surface area contributed by atoms with Crippen LogP contribution in [0.25, 0.3) is 0 Å². The molecule has 1 saturated heterocycles. The molecule has 4 heteroatoms. The quantitative estimate of drug-likeness (QED) is 0.757. The topological polar surface area (TPSA) is 41.6 Å². The molecule has 1 unspecified atom stereocenters. The summed E-state index contributed by atoms with van der Waals surface area (Å²) in [4.78, 5) is 14.3. The first-order valence-electron chi connectivity index (χ1n) is 9.69. The van der Waals surface area contributed by atoms with Gasteiger partial charge in [0.25, 0.3) is 0 Å². The molecule has 1 aliphatic heterocycles. The second kappa shape index (κ2) is 9.12. The van der Waals surface area contributed by atoms with Crippen LogP contribution >= 0.6 is 0 Å². The van der Waals surface area contributed by atoms with Crippen molar-refractivity contribution in [2.24, 2.45) is 0 Å². The maximum Gasteiger partial charge on any atom is 0.317 e. The first-order chi connectivity index (χ1) is 11.9. The van der Waals surface area contributed by atoms with Crippen molar-refractivity contribution >= 4 is 6.03 Å². The number of nitrogens with zero attached hydrogens (tertiary/aromatic N) is 1. The zero-order valence-electron chi connectivity index (χ0n) is 16.3. The molecule has 0 saturated carbocycles. The van der Waals surface area contributed by atoms with E-state index in [1.165, 1.54) is 12.0 Å². The Morgan fingerprint density at radius 2 is 1.96 bits per heavy atom. The largest absolute Gasteiger partial charge is 0.494 e. The lowest BCUT2D eigenvalue weighted by Gasteiger charge is -2.35. The van der Waals surface area contributed by atoms with Crippen LogP contribution in [0, 0.1) is 0 Å². The average Bonchev–Trinajstić information content (AvgIpc) is 2.61. The summed E-state index contributed by atoms with van der Waals surface area (Å²) >= 11 is 0. The van der Waals surface area contributed by atoms with Gasteiger partial charge in [0, 0.05) is 19.1 Å². The SMILES string of the molecule is CCC1CCCCN1C(=O)NCCCOc1ccc(C(C)(C)C)cc1. The first-order valence-corrected chi connectivity index (χ1v) is 9.69. The minimum Gasteiger partial charge on any atom is -0.494 e. The maximum atomic E-state index is 12.3. The highest BCUT2D eigenvalue weighted by Gasteiger charge is 2.24. The summed E-state index contributed by atoms with van der Waals surface area (Å²) in [5.41, 5.74) is 1.47. The Bertz CT molecular complexity index is 534. The molecule has 1 N–H and O–H groups in total. The number of benzene rings is 1. The van der Waals surface area contributed by atoms with Gasteiger partial charge in [-0.2, -0.15) is 0 Å². The van der Waals surface area contributed by atoms with Gasteiger partial charge in [-0.3, -0.25) is 0 Å². The fourth-order valence-electron chi connectivity index (χ4n) is 3.30. The van der Waals surface area contributed by atoms with Gasteiger partial charge in [0.05, 0.1) is 6.61 Å². The highest BCUT2D eigenvalue weighted by molar-refractivity contribution is 5.74. The van der Waals surface area contributed by atoms with E-state index < -0.39 is 0 Å². The van der Waals surface area contributed by atoms with E-state index in [-0.39, 0.29) is 11.4 Å². The molecule has 1 atom stereocenters. The Morgan fingerprint density at radius 1 is 1.24 bits per heavy atom. The minimum atomic E-state index is 0.0843. The molecule has 0 bridgehead atoms. The van der Waals surface area contributed by atoms with E-state index in [1.807, 2.05) is 17.0 Å². The van der Waals surface area contributed by atoms with Crippen molar-refractivity contribution in [1.82, 2.24) is 10.2 Å². The van der Waals surface area contributed by atoms with Crippen LogP contribution in [-0.2, 0) is 5.41 Å². The number of carbonyl (C=O) groups is 1. The summed E-state index contributed by atoms with van der Waals surface area (Å²) in [5.74, 6) is 0.890. The zero-order chi connectivity index (χ0) is 18.3. The van der Waals surface area contributed by atoms with Gasteiger partial charge in [0.15, 0.2) is 0 Å². The number of carbonyl (C=O) groups excluding carboxylic acids is 1. The van der Waals surface area contributed by atoms with E-state index in [1.54, 1.807) is 0 Å². The number of piperidine rings is 1. The molecule has 0 aliphatic carbocycles. The second-order valence-electron chi connectivity index (χ2n) is 7.96. The van der Waals surface area contributed by atoms with Crippen LogP contribution in [-0.4, -0.2) is 36.7 Å². The molecule has 4 nitrogen and oxygen atoms in total. The molecule has 0 spiro atoms. The third kappa shape index (κ3) is 5.94.